The fraction of sp³-hybridized carbons (Fsp3) is 0.300. The average molecular weight is 326 g/mol. The summed E-state index contributed by atoms with van der Waals surface area (Å²) in [6, 6.07) is 2.60. The highest BCUT2D eigenvalue weighted by molar-refractivity contribution is 7.89. The smallest absolute Gasteiger partial charge is 0.242 e. The highest BCUT2D eigenvalue weighted by Gasteiger charge is 2.20. The second-order valence-electron chi connectivity index (χ2n) is 3.59. The van der Waals surface area contributed by atoms with Gasteiger partial charge in [-0.1, -0.05) is 23.2 Å². The minimum absolute atomic E-state index is 0.00231. The van der Waals surface area contributed by atoms with Crippen LogP contribution in [0, 0.1) is 0 Å². The minimum Gasteiger partial charge on any atom is -0.396 e. The standard InChI is InChI=1S/C10H13Cl2N3O3S/c1-14-8(16)4-5-15-19(17,18)7-3-2-6(11)10(13)9(7)12/h2-3,15H,4-5,13H2,1H3,(H,14,16). The molecule has 0 aliphatic carbocycles. The summed E-state index contributed by atoms with van der Waals surface area (Å²) < 4.78 is 26.2. The fourth-order valence-corrected chi connectivity index (χ4v) is 3.05. The number of benzene rings is 1. The van der Waals surface area contributed by atoms with Crippen molar-refractivity contribution >= 4 is 44.8 Å². The summed E-state index contributed by atoms with van der Waals surface area (Å²) in [5.41, 5.74) is 5.56. The number of carbonyl (C=O) groups excluding carboxylic acids is 1. The monoisotopic (exact) mass is 325 g/mol. The molecule has 6 nitrogen and oxygen atoms in total. The highest BCUT2D eigenvalue weighted by Crippen LogP contribution is 2.32. The van der Waals surface area contributed by atoms with Gasteiger partial charge in [-0.3, -0.25) is 4.79 Å². The molecule has 1 rings (SSSR count). The Morgan fingerprint density at radius 3 is 2.58 bits per heavy atom. The maximum absolute atomic E-state index is 12.0. The lowest BCUT2D eigenvalue weighted by Gasteiger charge is -2.10. The number of nitrogen functional groups attached to an aromatic ring is 1. The van der Waals surface area contributed by atoms with Crippen LogP contribution in [0.15, 0.2) is 17.0 Å². The van der Waals surface area contributed by atoms with Gasteiger partial charge in [0.15, 0.2) is 0 Å². The molecule has 0 aliphatic heterocycles. The van der Waals surface area contributed by atoms with Gasteiger partial charge in [0.2, 0.25) is 15.9 Å². The summed E-state index contributed by atoms with van der Waals surface area (Å²) in [6.45, 7) is -0.0408. The van der Waals surface area contributed by atoms with Crippen LogP contribution in [-0.2, 0) is 14.8 Å². The van der Waals surface area contributed by atoms with E-state index in [0.29, 0.717) is 0 Å². The first-order valence-corrected chi connectivity index (χ1v) is 7.47. The largest absolute Gasteiger partial charge is 0.396 e. The maximum Gasteiger partial charge on any atom is 0.242 e. The second-order valence-corrected chi connectivity index (χ2v) is 6.11. The molecule has 0 saturated carbocycles. The Labute approximate surface area is 121 Å². The lowest BCUT2D eigenvalue weighted by molar-refractivity contribution is -0.120. The zero-order valence-corrected chi connectivity index (χ0v) is 12.4. The number of sulfonamides is 1. The quantitative estimate of drug-likeness (QED) is 0.702. The number of anilines is 1. The lowest BCUT2D eigenvalue weighted by atomic mass is 10.3. The van der Waals surface area contributed by atoms with Gasteiger partial charge in [0.25, 0.3) is 0 Å². The van der Waals surface area contributed by atoms with Crippen molar-refractivity contribution in [3.63, 3.8) is 0 Å². The molecule has 4 N–H and O–H groups in total. The SMILES string of the molecule is CNC(=O)CCNS(=O)(=O)c1ccc(Cl)c(N)c1Cl. The average Bonchev–Trinajstić information content (AvgIpc) is 2.35. The third-order valence-electron chi connectivity index (χ3n) is 2.30. The summed E-state index contributed by atoms with van der Waals surface area (Å²) >= 11 is 11.6. The predicted molar refractivity (Wildman–Crippen MR) is 74.7 cm³/mol. The normalized spacial score (nSPS) is 11.3. The van der Waals surface area contributed by atoms with Crippen molar-refractivity contribution in [2.75, 3.05) is 19.3 Å². The number of nitrogens with one attached hydrogen (secondary N) is 2. The van der Waals surface area contributed by atoms with Gasteiger partial charge in [0, 0.05) is 20.0 Å². The van der Waals surface area contributed by atoms with Crippen molar-refractivity contribution in [3.05, 3.63) is 22.2 Å². The van der Waals surface area contributed by atoms with Crippen LogP contribution < -0.4 is 15.8 Å². The van der Waals surface area contributed by atoms with Crippen LogP contribution in [0.5, 0.6) is 0 Å². The van der Waals surface area contributed by atoms with E-state index in [1.165, 1.54) is 19.2 Å². The van der Waals surface area contributed by atoms with Gasteiger partial charge in [0.05, 0.1) is 15.7 Å². The first kappa shape index (κ1) is 16.0. The third-order valence-corrected chi connectivity index (χ3v) is 4.66. The van der Waals surface area contributed by atoms with Crippen molar-refractivity contribution in [1.29, 1.82) is 0 Å². The maximum atomic E-state index is 12.0. The number of hydrogen-bond donors (Lipinski definition) is 3. The molecule has 106 valence electrons. The molecule has 0 unspecified atom stereocenters. The molecule has 1 aromatic carbocycles. The molecule has 0 aliphatic rings. The van der Waals surface area contributed by atoms with Crippen molar-refractivity contribution in [3.8, 4) is 0 Å². The Bertz CT molecular complexity index is 590. The zero-order valence-electron chi connectivity index (χ0n) is 10.0. The third kappa shape index (κ3) is 3.97. The molecule has 0 radical (unpaired) electrons. The second kappa shape index (κ2) is 6.42. The first-order chi connectivity index (χ1) is 8.79. The van der Waals surface area contributed by atoms with Crippen LogP contribution in [0.4, 0.5) is 5.69 Å². The molecule has 0 saturated heterocycles. The van der Waals surface area contributed by atoms with Crippen molar-refractivity contribution < 1.29 is 13.2 Å². The summed E-state index contributed by atoms with van der Waals surface area (Å²) in [6.07, 6.45) is 0.0242. The predicted octanol–water partition coefficient (Wildman–Crippen LogP) is 0.990. The number of nitrogens with two attached hydrogens (primary N) is 1. The van der Waals surface area contributed by atoms with E-state index >= 15 is 0 Å². The van der Waals surface area contributed by atoms with E-state index in [1.54, 1.807) is 0 Å². The lowest BCUT2D eigenvalue weighted by Crippen LogP contribution is -2.29. The molecule has 0 fully saturated rings. The Balaban J connectivity index is 2.90. The van der Waals surface area contributed by atoms with Crippen molar-refractivity contribution in [2.24, 2.45) is 0 Å². The Kier molecular flexibility index (Phi) is 5.42. The minimum atomic E-state index is -3.83. The van der Waals surface area contributed by atoms with Gasteiger partial charge in [-0.15, -0.1) is 0 Å². The Morgan fingerprint density at radius 1 is 1.37 bits per heavy atom. The van der Waals surface area contributed by atoms with Gasteiger partial charge in [-0.2, -0.15) is 0 Å². The van der Waals surface area contributed by atoms with E-state index in [4.69, 9.17) is 28.9 Å². The van der Waals surface area contributed by atoms with Crippen molar-refractivity contribution in [2.45, 2.75) is 11.3 Å². The number of halogens is 2. The van der Waals surface area contributed by atoms with E-state index in [1.807, 2.05) is 0 Å². The molecule has 1 amide bonds. The van der Waals surface area contributed by atoms with Crippen LogP contribution in [0.25, 0.3) is 0 Å². The summed E-state index contributed by atoms with van der Waals surface area (Å²) in [7, 11) is -2.37. The van der Waals surface area contributed by atoms with E-state index in [-0.39, 0.29) is 39.5 Å². The van der Waals surface area contributed by atoms with E-state index < -0.39 is 10.0 Å². The molecule has 1 aromatic rings. The van der Waals surface area contributed by atoms with Crippen LogP contribution in [-0.4, -0.2) is 27.9 Å². The summed E-state index contributed by atoms with van der Waals surface area (Å²) in [5, 5.41) is 2.42. The molecule has 9 heteroatoms. The van der Waals surface area contributed by atoms with E-state index in [2.05, 4.69) is 10.0 Å². The topological polar surface area (TPSA) is 101 Å². The summed E-state index contributed by atoms with van der Waals surface area (Å²) in [5.74, 6) is -0.274. The molecular weight excluding hydrogens is 313 g/mol. The van der Waals surface area contributed by atoms with Crippen LogP contribution in [0.2, 0.25) is 10.0 Å². The number of rotatable bonds is 5. The summed E-state index contributed by atoms with van der Waals surface area (Å²) in [4.78, 5) is 10.8. The molecule has 0 aromatic heterocycles. The molecule has 0 heterocycles. The van der Waals surface area contributed by atoms with Crippen LogP contribution in [0.3, 0.4) is 0 Å². The first-order valence-electron chi connectivity index (χ1n) is 5.23. The Hall–Kier alpha value is -1.02. The molecule has 0 bridgehead atoms. The van der Waals surface area contributed by atoms with Crippen LogP contribution >= 0.6 is 23.2 Å². The fourth-order valence-electron chi connectivity index (χ4n) is 1.26. The zero-order chi connectivity index (χ0) is 14.6. The van der Waals surface area contributed by atoms with Crippen LogP contribution in [0.1, 0.15) is 6.42 Å². The highest BCUT2D eigenvalue weighted by atomic mass is 35.5. The molecular formula is C10H13Cl2N3O3S. The molecule has 0 spiro atoms. The van der Waals surface area contributed by atoms with Gasteiger partial charge >= 0.3 is 0 Å². The van der Waals surface area contributed by atoms with Gasteiger partial charge < -0.3 is 11.1 Å². The van der Waals surface area contributed by atoms with Crippen molar-refractivity contribution in [1.82, 2.24) is 10.0 Å². The van der Waals surface area contributed by atoms with Gasteiger partial charge in [0.1, 0.15) is 4.90 Å². The van der Waals surface area contributed by atoms with Gasteiger partial charge in [-0.05, 0) is 12.1 Å². The molecule has 19 heavy (non-hydrogen) atoms. The van der Waals surface area contributed by atoms with Gasteiger partial charge in [-0.25, -0.2) is 13.1 Å². The number of amides is 1. The molecule has 0 atom stereocenters. The van der Waals surface area contributed by atoms with E-state index in [9.17, 15) is 13.2 Å². The number of carbonyl (C=O) groups is 1. The Morgan fingerprint density at radius 2 is 2.00 bits per heavy atom. The number of hydrogen-bond acceptors (Lipinski definition) is 4. The van der Waals surface area contributed by atoms with E-state index in [0.717, 1.165) is 0 Å².